The number of carbonyl (C=O) groups is 2. The van der Waals surface area contributed by atoms with Crippen LogP contribution in [-0.2, 0) is 28.2 Å². The maximum absolute atomic E-state index is 15.5. The van der Waals surface area contributed by atoms with Crippen LogP contribution in [-0.4, -0.2) is 59.8 Å². The molecule has 1 N–H and O–H groups in total. The Morgan fingerprint density at radius 1 is 0.889 bits per heavy atom. The van der Waals surface area contributed by atoms with Gasteiger partial charge >= 0.3 is 0 Å². The number of aliphatic hydroxyl groups is 1. The van der Waals surface area contributed by atoms with E-state index in [1.807, 2.05) is 137 Å². The van der Waals surface area contributed by atoms with Crippen LogP contribution in [0.1, 0.15) is 52.0 Å². The Bertz CT molecular complexity index is 2870. The molecule has 10 rings (SSSR count). The number of amides is 2. The number of carbonyl (C=O) groups excluding carboxylic acids is 2. The van der Waals surface area contributed by atoms with Gasteiger partial charge in [-0.05, 0) is 83.1 Å². The Balaban J connectivity index is 0.972. The van der Waals surface area contributed by atoms with Crippen molar-refractivity contribution in [2.24, 2.45) is 5.92 Å². The molecule has 63 heavy (non-hydrogen) atoms. The SMILES string of the molecule is COc1ccc([Si](C)(C)[C@H]2[C@H](CCn3cc(C(CO)c4ccccc4)nn3)O[C@@]3(C(=O)N(Cc4ccc(N5C(=O)c6cccc7cccc5c67)cc4)c4ccc(Cl)cc43)[C@@H]2C)cc1. The molecule has 1 spiro atoms. The second-order valence-electron chi connectivity index (χ2n) is 17.5. The van der Waals surface area contributed by atoms with E-state index in [0.29, 0.717) is 35.8 Å². The number of aromatic nitrogens is 3. The van der Waals surface area contributed by atoms with E-state index in [4.69, 9.17) is 21.1 Å². The second kappa shape index (κ2) is 15.9. The molecular formula is C51H48ClN5O5Si. The van der Waals surface area contributed by atoms with Crippen molar-refractivity contribution in [2.45, 2.75) is 62.7 Å². The summed E-state index contributed by atoms with van der Waals surface area (Å²) in [5.41, 5.74) is 5.17. The predicted octanol–water partition coefficient (Wildman–Crippen LogP) is 9.36. The molecule has 1 aromatic heterocycles. The number of rotatable bonds is 12. The van der Waals surface area contributed by atoms with Gasteiger partial charge in [-0.15, -0.1) is 5.10 Å². The van der Waals surface area contributed by atoms with E-state index in [0.717, 1.165) is 50.3 Å². The molecule has 0 radical (unpaired) electrons. The van der Waals surface area contributed by atoms with Crippen LogP contribution in [0.4, 0.5) is 17.1 Å². The molecule has 3 aliphatic heterocycles. The van der Waals surface area contributed by atoms with Crippen LogP contribution >= 0.6 is 11.6 Å². The van der Waals surface area contributed by atoms with E-state index in [9.17, 15) is 9.90 Å². The van der Waals surface area contributed by atoms with Gasteiger partial charge in [-0.2, -0.15) is 0 Å². The zero-order valence-electron chi connectivity index (χ0n) is 35.6. The Kier molecular flexibility index (Phi) is 10.3. The molecule has 4 heterocycles. The Labute approximate surface area is 372 Å². The first-order chi connectivity index (χ1) is 30.5. The number of anilines is 3. The van der Waals surface area contributed by atoms with Crippen LogP contribution < -0.4 is 19.7 Å². The van der Waals surface area contributed by atoms with Crippen LogP contribution in [0.15, 0.2) is 140 Å². The zero-order chi connectivity index (χ0) is 43.6. The highest BCUT2D eigenvalue weighted by atomic mass is 35.5. The van der Waals surface area contributed by atoms with E-state index in [-0.39, 0.29) is 41.9 Å². The van der Waals surface area contributed by atoms with E-state index in [1.165, 1.54) is 5.19 Å². The van der Waals surface area contributed by atoms with Crippen molar-refractivity contribution < 1.29 is 24.2 Å². The summed E-state index contributed by atoms with van der Waals surface area (Å²) in [6.07, 6.45) is 2.17. The molecular weight excluding hydrogens is 826 g/mol. The number of halogens is 1. The molecule has 3 aliphatic rings. The van der Waals surface area contributed by atoms with Gasteiger partial charge in [0.1, 0.15) is 5.75 Å². The van der Waals surface area contributed by atoms with Crippen molar-refractivity contribution in [3.05, 3.63) is 173 Å². The lowest BCUT2D eigenvalue weighted by atomic mass is 9.82. The molecule has 7 aromatic rings. The summed E-state index contributed by atoms with van der Waals surface area (Å²) in [7, 11) is -0.752. The summed E-state index contributed by atoms with van der Waals surface area (Å²) in [6.45, 7) is 7.63. The monoisotopic (exact) mass is 873 g/mol. The number of aryl methyl sites for hydroxylation is 1. The van der Waals surface area contributed by atoms with E-state index >= 15 is 4.79 Å². The highest BCUT2D eigenvalue weighted by Gasteiger charge is 2.66. The minimum atomic E-state index is -2.42. The van der Waals surface area contributed by atoms with Crippen LogP contribution in [0.25, 0.3) is 10.8 Å². The quantitative estimate of drug-likeness (QED) is 0.122. The summed E-state index contributed by atoms with van der Waals surface area (Å²) in [5.74, 6) is 0.0995. The molecule has 1 saturated heterocycles. The first kappa shape index (κ1) is 40.9. The standard InChI is InChI=1S/C51H48ClN5O5Si/c1-32-48(63(3,4)39-23-21-38(61-2)22-24-39)46(26-27-55-30-43(53-54-55)41(31-58)34-10-6-5-7-11-34)62-51(32)42-28-36(52)18-25-44(42)56(50(51)60)29-33-16-19-37(20-17-33)57-45-15-9-13-35-12-8-14-40(47(35)45)49(57)59/h5-25,28,30,32,41,46,48,58H,26-27,29,31H2,1-4H3/t32-,41?,46+,48-,51+/m1/s1. The number of ether oxygens (including phenoxy) is 2. The minimum absolute atomic E-state index is 0.00462. The van der Waals surface area contributed by atoms with Gasteiger partial charge in [0.25, 0.3) is 11.8 Å². The van der Waals surface area contributed by atoms with Crippen molar-refractivity contribution in [3.63, 3.8) is 0 Å². The number of benzene rings is 6. The van der Waals surface area contributed by atoms with Gasteiger partial charge < -0.3 is 19.5 Å². The summed E-state index contributed by atoms with van der Waals surface area (Å²) >= 11 is 6.80. The van der Waals surface area contributed by atoms with Crippen LogP contribution in [0, 0.1) is 5.92 Å². The van der Waals surface area contributed by atoms with Crippen LogP contribution in [0.3, 0.4) is 0 Å². The van der Waals surface area contributed by atoms with Gasteiger partial charge in [0, 0.05) is 40.3 Å². The maximum atomic E-state index is 15.5. The van der Waals surface area contributed by atoms with Crippen molar-refractivity contribution >= 4 is 64.5 Å². The number of hydrogen-bond donors (Lipinski definition) is 1. The summed E-state index contributed by atoms with van der Waals surface area (Å²) in [5, 5.41) is 23.1. The fraction of sp³-hybridized carbons (Fsp3) is 0.255. The third-order valence-electron chi connectivity index (χ3n) is 13.8. The number of hydrogen-bond acceptors (Lipinski definition) is 7. The van der Waals surface area contributed by atoms with Gasteiger partial charge in [-0.25, -0.2) is 0 Å². The molecule has 6 aromatic carbocycles. The van der Waals surface area contributed by atoms with Gasteiger partial charge in [-0.3, -0.25) is 19.2 Å². The Hall–Kier alpha value is -6.11. The molecule has 0 saturated carbocycles. The lowest BCUT2D eigenvalue weighted by Gasteiger charge is -2.37. The molecule has 1 unspecified atom stereocenters. The van der Waals surface area contributed by atoms with Gasteiger partial charge in [0.2, 0.25) is 0 Å². The average molecular weight is 875 g/mol. The summed E-state index contributed by atoms with van der Waals surface area (Å²) in [6, 6.07) is 43.6. The largest absolute Gasteiger partial charge is 0.497 e. The van der Waals surface area contributed by atoms with Gasteiger partial charge in [0.05, 0.1) is 63.0 Å². The van der Waals surface area contributed by atoms with Crippen LogP contribution in [0.5, 0.6) is 5.75 Å². The lowest BCUT2D eigenvalue weighted by molar-refractivity contribution is -0.146. The number of aliphatic hydroxyl groups excluding tert-OH is 1. The third kappa shape index (κ3) is 6.68. The van der Waals surface area contributed by atoms with E-state index in [1.54, 1.807) is 12.0 Å². The zero-order valence-corrected chi connectivity index (χ0v) is 37.4. The van der Waals surface area contributed by atoms with Crippen molar-refractivity contribution in [3.8, 4) is 5.75 Å². The molecule has 0 aliphatic carbocycles. The summed E-state index contributed by atoms with van der Waals surface area (Å²) < 4.78 is 14.7. The fourth-order valence-electron chi connectivity index (χ4n) is 10.7. The van der Waals surface area contributed by atoms with E-state index in [2.05, 4.69) is 42.5 Å². The van der Waals surface area contributed by atoms with Crippen molar-refractivity contribution in [1.29, 1.82) is 0 Å². The first-order valence-electron chi connectivity index (χ1n) is 21.5. The normalized spacial score (nSPS) is 20.9. The third-order valence-corrected chi connectivity index (χ3v) is 18.4. The second-order valence-corrected chi connectivity index (χ2v) is 22.7. The van der Waals surface area contributed by atoms with Gasteiger partial charge in [-0.1, -0.05) is 121 Å². The first-order valence-corrected chi connectivity index (χ1v) is 24.9. The minimum Gasteiger partial charge on any atom is -0.497 e. The van der Waals surface area contributed by atoms with Crippen LogP contribution in [0.2, 0.25) is 23.7 Å². The smallest absolute Gasteiger partial charge is 0.264 e. The molecule has 318 valence electrons. The highest BCUT2D eigenvalue weighted by Crippen LogP contribution is 2.60. The Morgan fingerprint density at radius 3 is 2.37 bits per heavy atom. The average Bonchev–Trinajstić information content (AvgIpc) is 4.03. The van der Waals surface area contributed by atoms with Gasteiger partial charge in [0.15, 0.2) is 5.60 Å². The van der Waals surface area contributed by atoms with Crippen molar-refractivity contribution in [2.75, 3.05) is 23.5 Å². The number of methoxy groups -OCH3 is 1. The fourth-order valence-corrected chi connectivity index (χ4v) is 14.9. The molecule has 5 atom stereocenters. The molecule has 12 heteroatoms. The number of nitrogens with zero attached hydrogens (tertiary/aromatic N) is 5. The molecule has 2 amide bonds. The summed E-state index contributed by atoms with van der Waals surface area (Å²) in [4.78, 5) is 32.8. The molecule has 1 fully saturated rings. The lowest BCUT2D eigenvalue weighted by Crippen LogP contribution is -2.51. The number of fused-ring (bicyclic) bond motifs is 2. The predicted molar refractivity (Wildman–Crippen MR) is 249 cm³/mol. The Morgan fingerprint density at radius 2 is 1.63 bits per heavy atom. The maximum Gasteiger partial charge on any atom is 0.264 e. The molecule has 10 nitrogen and oxygen atoms in total. The molecule has 0 bridgehead atoms. The van der Waals surface area contributed by atoms with Crippen molar-refractivity contribution in [1.82, 2.24) is 15.0 Å². The van der Waals surface area contributed by atoms with E-state index < -0.39 is 13.7 Å². The highest BCUT2D eigenvalue weighted by molar-refractivity contribution is 6.91. The topological polar surface area (TPSA) is 110 Å².